The maximum Gasteiger partial charge on any atom is 0.0940 e. The predicted molar refractivity (Wildman–Crippen MR) is 71.0 cm³/mol. The average Bonchev–Trinajstić information content (AvgIpc) is 2.23. The molecule has 0 bridgehead atoms. The molecule has 0 rings (SSSR count). The van der Waals surface area contributed by atoms with E-state index in [-0.39, 0.29) is 12.2 Å². The van der Waals surface area contributed by atoms with Crippen molar-refractivity contribution in [3.63, 3.8) is 0 Å². The van der Waals surface area contributed by atoms with Gasteiger partial charge in [-0.2, -0.15) is 0 Å². The van der Waals surface area contributed by atoms with Crippen LogP contribution < -0.4 is 11.5 Å². The minimum atomic E-state index is -0.267. The number of likely N-dealkylation sites (N-methyl/N-ethyl adjacent to an activating group) is 2. The van der Waals surface area contributed by atoms with E-state index in [4.69, 9.17) is 11.5 Å². The van der Waals surface area contributed by atoms with Gasteiger partial charge in [0.1, 0.15) is 0 Å². The summed E-state index contributed by atoms with van der Waals surface area (Å²) in [5, 5.41) is 0. The molecule has 0 heterocycles. The second-order valence-electron chi connectivity index (χ2n) is 5.48. The Morgan fingerprint density at radius 3 is 2.00 bits per heavy atom. The molecule has 98 valence electrons. The van der Waals surface area contributed by atoms with Gasteiger partial charge in [0.05, 0.1) is 39.4 Å². The zero-order valence-electron chi connectivity index (χ0n) is 11.9. The SMILES string of the molecule is CCC(C[N+](C)(C)CC)N(C)[C@@H](C)C(N)N. The molecule has 4 N–H and O–H groups in total. The summed E-state index contributed by atoms with van der Waals surface area (Å²) in [5.41, 5.74) is 11.5. The van der Waals surface area contributed by atoms with Crippen LogP contribution in [0, 0.1) is 0 Å². The summed E-state index contributed by atoms with van der Waals surface area (Å²) in [7, 11) is 6.66. The predicted octanol–water partition coefficient (Wildman–Crippen LogP) is 0.425. The van der Waals surface area contributed by atoms with Crippen LogP contribution in [-0.4, -0.2) is 61.9 Å². The average molecular weight is 231 g/mol. The van der Waals surface area contributed by atoms with Crippen LogP contribution in [0.1, 0.15) is 27.2 Å². The van der Waals surface area contributed by atoms with Crippen LogP contribution in [0.4, 0.5) is 0 Å². The lowest BCUT2D eigenvalue weighted by molar-refractivity contribution is -0.890. The Kier molecular flexibility index (Phi) is 6.48. The summed E-state index contributed by atoms with van der Waals surface area (Å²) in [4.78, 5) is 2.32. The van der Waals surface area contributed by atoms with E-state index < -0.39 is 0 Å². The maximum absolute atomic E-state index is 5.76. The van der Waals surface area contributed by atoms with Gasteiger partial charge in [0.25, 0.3) is 0 Å². The Hall–Kier alpha value is -0.160. The number of nitrogens with two attached hydrogens (primary N) is 2. The third-order valence-electron chi connectivity index (χ3n) is 3.81. The van der Waals surface area contributed by atoms with E-state index in [2.05, 4.69) is 46.8 Å². The fraction of sp³-hybridized carbons (Fsp3) is 1.00. The second kappa shape index (κ2) is 6.55. The van der Waals surface area contributed by atoms with Crippen molar-refractivity contribution in [3.05, 3.63) is 0 Å². The first kappa shape index (κ1) is 15.8. The van der Waals surface area contributed by atoms with Gasteiger partial charge in [-0.05, 0) is 27.3 Å². The molecule has 2 atom stereocenters. The van der Waals surface area contributed by atoms with Crippen LogP contribution in [0.5, 0.6) is 0 Å². The van der Waals surface area contributed by atoms with Crippen molar-refractivity contribution in [2.75, 3.05) is 34.2 Å². The van der Waals surface area contributed by atoms with E-state index in [0.717, 1.165) is 24.0 Å². The van der Waals surface area contributed by atoms with Crippen LogP contribution in [0.3, 0.4) is 0 Å². The van der Waals surface area contributed by atoms with E-state index in [1.54, 1.807) is 0 Å². The number of hydrogen-bond donors (Lipinski definition) is 2. The molecule has 4 nitrogen and oxygen atoms in total. The van der Waals surface area contributed by atoms with Gasteiger partial charge in [0.15, 0.2) is 0 Å². The number of nitrogens with zero attached hydrogens (tertiary/aromatic N) is 2. The monoisotopic (exact) mass is 231 g/mol. The fourth-order valence-electron chi connectivity index (χ4n) is 1.85. The molecule has 0 aromatic carbocycles. The van der Waals surface area contributed by atoms with Crippen molar-refractivity contribution in [3.8, 4) is 0 Å². The third-order valence-corrected chi connectivity index (χ3v) is 3.81. The Bertz CT molecular complexity index is 191. The van der Waals surface area contributed by atoms with Crippen LogP contribution in [-0.2, 0) is 0 Å². The lowest BCUT2D eigenvalue weighted by Gasteiger charge is -2.39. The third kappa shape index (κ3) is 4.78. The Balaban J connectivity index is 4.49. The normalized spacial score (nSPS) is 16.9. The number of hydrogen-bond acceptors (Lipinski definition) is 3. The molecule has 0 radical (unpaired) electrons. The first-order valence-corrected chi connectivity index (χ1v) is 6.30. The van der Waals surface area contributed by atoms with E-state index in [1.165, 1.54) is 0 Å². The standard InChI is InChI=1S/C12H31N4/c1-7-11(9-16(5,6)8-2)15(4)10(3)12(13)14/h10-12H,7-9,13-14H2,1-6H3/q+1/t10-,11?/m0/s1. The molecular weight excluding hydrogens is 200 g/mol. The topological polar surface area (TPSA) is 55.3 Å². The molecule has 0 aromatic rings. The lowest BCUT2D eigenvalue weighted by Crippen LogP contribution is -2.57. The van der Waals surface area contributed by atoms with Crippen molar-refractivity contribution in [2.24, 2.45) is 11.5 Å². The minimum Gasteiger partial charge on any atom is -0.327 e. The quantitative estimate of drug-likeness (QED) is 0.493. The van der Waals surface area contributed by atoms with Crippen LogP contribution in [0.2, 0.25) is 0 Å². The Morgan fingerprint density at radius 1 is 1.19 bits per heavy atom. The minimum absolute atomic E-state index is 0.224. The van der Waals surface area contributed by atoms with Gasteiger partial charge in [-0.15, -0.1) is 0 Å². The highest BCUT2D eigenvalue weighted by Crippen LogP contribution is 2.11. The van der Waals surface area contributed by atoms with Crippen LogP contribution in [0.25, 0.3) is 0 Å². The largest absolute Gasteiger partial charge is 0.327 e. The molecule has 0 aliphatic heterocycles. The lowest BCUT2D eigenvalue weighted by atomic mass is 10.1. The molecule has 0 spiro atoms. The number of rotatable bonds is 7. The molecule has 1 unspecified atom stereocenters. The summed E-state index contributed by atoms with van der Waals surface area (Å²) < 4.78 is 1.04. The van der Waals surface area contributed by atoms with Crippen molar-refractivity contribution in [1.82, 2.24) is 4.90 Å². The van der Waals surface area contributed by atoms with Crippen molar-refractivity contribution < 1.29 is 4.48 Å². The van der Waals surface area contributed by atoms with E-state index in [0.29, 0.717) is 6.04 Å². The molecule has 0 aliphatic carbocycles. The van der Waals surface area contributed by atoms with Crippen molar-refractivity contribution >= 4 is 0 Å². The highest BCUT2D eigenvalue weighted by molar-refractivity contribution is 4.77. The van der Waals surface area contributed by atoms with Gasteiger partial charge in [0, 0.05) is 6.04 Å². The summed E-state index contributed by atoms with van der Waals surface area (Å²) in [6.45, 7) is 8.84. The molecule has 0 amide bonds. The van der Waals surface area contributed by atoms with Crippen LogP contribution in [0.15, 0.2) is 0 Å². The summed E-state index contributed by atoms with van der Waals surface area (Å²) in [6.07, 6.45) is 0.867. The highest BCUT2D eigenvalue weighted by Gasteiger charge is 2.26. The first-order valence-electron chi connectivity index (χ1n) is 6.30. The molecule has 4 heteroatoms. The number of quaternary nitrogens is 1. The molecule has 0 fully saturated rings. The summed E-state index contributed by atoms with van der Waals surface area (Å²) in [6, 6.07) is 0.765. The molecule has 16 heavy (non-hydrogen) atoms. The molecule has 0 aliphatic rings. The van der Waals surface area contributed by atoms with Gasteiger partial charge < -0.3 is 16.0 Å². The zero-order chi connectivity index (χ0) is 12.9. The van der Waals surface area contributed by atoms with Gasteiger partial charge in [-0.25, -0.2) is 0 Å². The van der Waals surface area contributed by atoms with E-state index >= 15 is 0 Å². The smallest absolute Gasteiger partial charge is 0.0940 e. The second-order valence-corrected chi connectivity index (χ2v) is 5.48. The summed E-state index contributed by atoms with van der Waals surface area (Å²) in [5.74, 6) is 0. The fourth-order valence-corrected chi connectivity index (χ4v) is 1.85. The molecule has 0 aromatic heterocycles. The molecule has 0 saturated carbocycles. The van der Waals surface area contributed by atoms with Crippen molar-refractivity contribution in [2.45, 2.75) is 45.4 Å². The van der Waals surface area contributed by atoms with E-state index in [1.807, 2.05) is 0 Å². The van der Waals surface area contributed by atoms with Crippen LogP contribution >= 0.6 is 0 Å². The van der Waals surface area contributed by atoms with Gasteiger partial charge >= 0.3 is 0 Å². The highest BCUT2D eigenvalue weighted by atomic mass is 15.3. The van der Waals surface area contributed by atoms with Gasteiger partial charge in [0.2, 0.25) is 0 Å². The van der Waals surface area contributed by atoms with E-state index in [9.17, 15) is 0 Å². The molecule has 0 saturated heterocycles. The van der Waals surface area contributed by atoms with Crippen molar-refractivity contribution in [1.29, 1.82) is 0 Å². The summed E-state index contributed by atoms with van der Waals surface area (Å²) >= 11 is 0. The first-order chi connectivity index (χ1) is 7.25. The zero-order valence-corrected chi connectivity index (χ0v) is 11.9. The molecular formula is C12H31N4+. The van der Waals surface area contributed by atoms with Gasteiger partial charge in [-0.3, -0.25) is 4.90 Å². The maximum atomic E-state index is 5.76. The van der Waals surface area contributed by atoms with Gasteiger partial charge in [-0.1, -0.05) is 6.92 Å². The Labute approximate surface area is 101 Å². The Morgan fingerprint density at radius 2 is 1.69 bits per heavy atom.